The fraction of sp³-hybridized carbons (Fsp3) is 1.00. The third kappa shape index (κ3) is 49.8. The van der Waals surface area contributed by atoms with E-state index in [0.29, 0.717) is 192 Å². The van der Waals surface area contributed by atoms with Crippen LogP contribution in [0.5, 0.6) is 0 Å². The molecule has 0 bridgehead atoms. The van der Waals surface area contributed by atoms with Crippen LogP contribution >= 0.6 is 8.60 Å². The average molecular weight is 845 g/mol. The molecule has 0 rings (SSSR count). The van der Waals surface area contributed by atoms with Crippen LogP contribution in [0.3, 0.4) is 0 Å². The van der Waals surface area contributed by atoms with Crippen LogP contribution in [0, 0.1) is 0 Å². The van der Waals surface area contributed by atoms with Gasteiger partial charge in [-0.05, 0) is 0 Å². The number of aliphatic hydroxyl groups is 2. The summed E-state index contributed by atoms with van der Waals surface area (Å²) in [6.07, 6.45) is 0. The molecule has 0 saturated carbocycles. The highest BCUT2D eigenvalue weighted by Gasteiger charge is 2.11. The number of methoxy groups -OCH3 is 1. The molecule has 338 valence electrons. The molecular weight excluding hydrogens is 771 g/mol. The first-order valence-corrected chi connectivity index (χ1v) is 20.4. The molecule has 56 heavy (non-hydrogen) atoms. The fourth-order valence-electron chi connectivity index (χ4n) is 3.62. The zero-order valence-corrected chi connectivity index (χ0v) is 34.6. The van der Waals surface area contributed by atoms with Gasteiger partial charge in [-0.15, -0.1) is 0 Å². The van der Waals surface area contributed by atoms with Gasteiger partial charge in [-0.2, -0.15) is 0 Å². The molecule has 0 atom stereocenters. The second kappa shape index (κ2) is 52.6. The van der Waals surface area contributed by atoms with Crippen molar-refractivity contribution in [1.29, 1.82) is 0 Å². The van der Waals surface area contributed by atoms with Crippen molar-refractivity contribution in [3.63, 3.8) is 0 Å². The van der Waals surface area contributed by atoms with Gasteiger partial charge in [-0.1, -0.05) is 0 Å². The van der Waals surface area contributed by atoms with E-state index < -0.39 is 8.60 Å². The van der Waals surface area contributed by atoms with E-state index in [-0.39, 0.29) is 33.0 Å². The first-order valence-electron chi connectivity index (χ1n) is 19.3. The topological polar surface area (TPSA) is 207 Å². The van der Waals surface area contributed by atoms with Crippen LogP contribution < -0.4 is 0 Å². The third-order valence-electron chi connectivity index (χ3n) is 6.27. The minimum Gasteiger partial charge on any atom is -0.394 e. The highest BCUT2D eigenvalue weighted by Crippen LogP contribution is 2.38. The number of ether oxygens (including phenoxy) is 15. The van der Waals surface area contributed by atoms with Crippen LogP contribution in [0.1, 0.15) is 0 Å². The third-order valence-corrected chi connectivity index (χ3v) is 7.45. The monoisotopic (exact) mass is 844 g/mol. The van der Waals surface area contributed by atoms with Gasteiger partial charge in [-0.25, -0.2) is 0 Å². The smallest absolute Gasteiger partial charge is 0.332 e. The number of rotatable bonds is 52. The molecule has 0 aromatic carbocycles. The summed E-state index contributed by atoms with van der Waals surface area (Å²) in [5, 5.41) is 17.6. The Bertz CT molecular complexity index is 687. The molecule has 0 fully saturated rings. The van der Waals surface area contributed by atoms with E-state index in [1.807, 2.05) is 0 Å². The quantitative estimate of drug-likeness (QED) is 0.0616. The Morgan fingerprint density at radius 1 is 0.232 bits per heavy atom. The van der Waals surface area contributed by atoms with Crippen molar-refractivity contribution in [3.05, 3.63) is 0 Å². The van der Waals surface area contributed by atoms with E-state index >= 15 is 0 Å². The maximum Gasteiger partial charge on any atom is 0.332 e. The summed E-state index contributed by atoms with van der Waals surface area (Å²) in [7, 11) is 0.0277. The Balaban J connectivity index is 3.12. The van der Waals surface area contributed by atoms with E-state index in [1.54, 1.807) is 7.11 Å². The minimum absolute atomic E-state index is 0.100. The summed E-state index contributed by atoms with van der Waals surface area (Å²) in [5.41, 5.74) is 0. The molecule has 0 aromatic heterocycles. The second-order valence-corrected chi connectivity index (χ2v) is 12.0. The van der Waals surface area contributed by atoms with E-state index in [0.717, 1.165) is 0 Å². The van der Waals surface area contributed by atoms with Crippen LogP contribution in [0.25, 0.3) is 0 Å². The highest BCUT2D eigenvalue weighted by atomic mass is 31.2. The molecule has 0 aromatic rings. The van der Waals surface area contributed by atoms with Crippen molar-refractivity contribution < 1.29 is 94.8 Å². The zero-order valence-electron chi connectivity index (χ0n) is 33.7. The highest BCUT2D eigenvalue weighted by molar-refractivity contribution is 7.41. The van der Waals surface area contributed by atoms with E-state index in [9.17, 15) is 0 Å². The van der Waals surface area contributed by atoms with Crippen molar-refractivity contribution in [2.24, 2.45) is 0 Å². The van der Waals surface area contributed by atoms with Crippen LogP contribution in [0.15, 0.2) is 0 Å². The lowest BCUT2D eigenvalue weighted by Crippen LogP contribution is -2.15. The van der Waals surface area contributed by atoms with Gasteiger partial charge < -0.3 is 94.8 Å². The normalized spacial score (nSPS) is 11.8. The first-order chi connectivity index (χ1) is 27.8. The van der Waals surface area contributed by atoms with Crippen molar-refractivity contribution in [2.45, 2.75) is 0 Å². The Morgan fingerprint density at radius 2 is 0.393 bits per heavy atom. The predicted molar refractivity (Wildman–Crippen MR) is 202 cm³/mol. The molecule has 20 nitrogen and oxygen atoms in total. The molecule has 0 aliphatic rings. The maximum absolute atomic E-state index is 8.81. The van der Waals surface area contributed by atoms with E-state index in [4.69, 9.17) is 94.8 Å². The minimum atomic E-state index is -1.61. The summed E-state index contributed by atoms with van der Waals surface area (Å²) in [5.74, 6) is 0. The van der Waals surface area contributed by atoms with Crippen molar-refractivity contribution >= 4 is 8.60 Å². The van der Waals surface area contributed by atoms with Gasteiger partial charge in [0, 0.05) is 7.11 Å². The van der Waals surface area contributed by atoms with Gasteiger partial charge in [0.15, 0.2) is 0 Å². The van der Waals surface area contributed by atoms with Gasteiger partial charge in [0.05, 0.1) is 225 Å². The van der Waals surface area contributed by atoms with Crippen LogP contribution in [0.4, 0.5) is 0 Å². The Labute approximate surface area is 335 Å². The van der Waals surface area contributed by atoms with Gasteiger partial charge >= 0.3 is 8.60 Å². The van der Waals surface area contributed by atoms with Crippen LogP contribution in [-0.4, -0.2) is 242 Å². The van der Waals surface area contributed by atoms with Crippen LogP contribution in [-0.2, 0) is 84.6 Å². The van der Waals surface area contributed by atoms with Gasteiger partial charge in [0.1, 0.15) is 0 Å². The lowest BCUT2D eigenvalue weighted by atomic mass is 10.6. The molecule has 0 aliphatic heterocycles. The van der Waals surface area contributed by atoms with Gasteiger partial charge in [-0.3, -0.25) is 0 Å². The van der Waals surface area contributed by atoms with E-state index in [1.165, 1.54) is 0 Å². The summed E-state index contributed by atoms with van der Waals surface area (Å²) in [6.45, 7) is 14.4. The number of hydrogen-bond donors (Lipinski definition) is 2. The SMILES string of the molecule is COCCOCCOCCOCCOCCOCCOCCOCCOCCOCCOCCOCCOCCOCCOCCOP(OCCO)OCCO. The molecule has 0 radical (unpaired) electrons. The summed E-state index contributed by atoms with van der Waals surface area (Å²) >= 11 is 0. The fourth-order valence-corrected chi connectivity index (χ4v) is 4.53. The maximum atomic E-state index is 8.81. The Morgan fingerprint density at radius 3 is 0.571 bits per heavy atom. The second-order valence-electron chi connectivity index (χ2n) is 10.7. The van der Waals surface area contributed by atoms with Crippen molar-refractivity contribution in [1.82, 2.24) is 0 Å². The molecule has 0 amide bonds. The summed E-state index contributed by atoms with van der Waals surface area (Å²) in [4.78, 5) is 0. The Hall–Kier alpha value is -0.370. The molecule has 0 saturated heterocycles. The molecule has 0 spiro atoms. The number of aliphatic hydroxyl groups excluding tert-OH is 2. The largest absolute Gasteiger partial charge is 0.394 e. The van der Waals surface area contributed by atoms with Gasteiger partial charge in [0.25, 0.3) is 0 Å². The standard InChI is InChI=1S/C35H73O20P/c1-38-6-7-39-8-9-40-10-11-41-12-13-42-14-15-43-16-17-44-18-19-45-20-21-46-22-23-47-24-25-48-26-27-49-28-29-50-30-31-51-32-33-52-34-35-55-56(53-4-2-36)54-5-3-37/h36-37H,2-35H2,1H3. The lowest BCUT2D eigenvalue weighted by Gasteiger charge is -2.15. The zero-order chi connectivity index (χ0) is 40.3. The lowest BCUT2D eigenvalue weighted by molar-refractivity contribution is -0.0300. The summed E-state index contributed by atoms with van der Waals surface area (Å²) in [6, 6.07) is 0. The van der Waals surface area contributed by atoms with Crippen LogP contribution in [0.2, 0.25) is 0 Å². The molecule has 2 N–H and O–H groups in total. The molecule has 21 heteroatoms. The first kappa shape index (κ1) is 55.6. The molecule has 0 aliphatic carbocycles. The Kier molecular flexibility index (Phi) is 52.3. The molecule has 0 unspecified atom stereocenters. The van der Waals surface area contributed by atoms with Gasteiger partial charge in [0.2, 0.25) is 0 Å². The number of hydrogen-bond acceptors (Lipinski definition) is 20. The van der Waals surface area contributed by atoms with Crippen molar-refractivity contribution in [3.8, 4) is 0 Å². The predicted octanol–water partition coefficient (Wildman–Crippen LogP) is 0.127. The van der Waals surface area contributed by atoms with E-state index in [2.05, 4.69) is 0 Å². The summed E-state index contributed by atoms with van der Waals surface area (Å²) < 4.78 is 97.0. The average Bonchev–Trinajstić information content (AvgIpc) is 3.21. The molecular formula is C35H73O20P. The molecule has 0 heterocycles. The van der Waals surface area contributed by atoms with Crippen molar-refractivity contribution in [2.75, 3.05) is 232 Å².